The third-order valence-electron chi connectivity index (χ3n) is 12.3. The van der Waals surface area contributed by atoms with Crippen molar-refractivity contribution in [3.05, 3.63) is 12.2 Å². The number of unbranched alkanes of at least 4 members (excludes halogenated alkanes) is 33. The van der Waals surface area contributed by atoms with Gasteiger partial charge in [0.05, 0.1) is 6.61 Å². The summed E-state index contributed by atoms with van der Waals surface area (Å²) in [6, 6.07) is 0. The van der Waals surface area contributed by atoms with E-state index in [1.54, 1.807) is 0 Å². The van der Waals surface area contributed by atoms with E-state index in [1.165, 1.54) is 135 Å². The summed E-state index contributed by atoms with van der Waals surface area (Å²) in [4.78, 5) is 41.0. The third kappa shape index (κ3) is 27.9. The number of carbonyl (C=O) groups excluding carboxylic acids is 3. The van der Waals surface area contributed by atoms with Crippen molar-refractivity contribution in [3.63, 3.8) is 0 Å². The van der Waals surface area contributed by atoms with Gasteiger partial charge in [0, 0.05) is 19.3 Å². The molecule has 0 amide bonds. The fraction of sp³-hybridized carbons (Fsp3) is 0.902. The smallest absolute Gasteiger partial charge is 0.219 e. The number of aliphatic hydroxyl groups is 3. The van der Waals surface area contributed by atoms with E-state index in [4.69, 9.17) is 0 Å². The van der Waals surface area contributed by atoms with E-state index in [9.17, 15) is 29.7 Å². The summed E-state index contributed by atoms with van der Waals surface area (Å²) < 4.78 is 0. The number of hydrogen-bond acceptors (Lipinski definition) is 6. The minimum Gasteiger partial charge on any atom is -0.393 e. The van der Waals surface area contributed by atoms with Gasteiger partial charge in [-0.1, -0.05) is 226 Å². The highest BCUT2D eigenvalue weighted by Crippen LogP contribution is 2.32. The average Bonchev–Trinajstić information content (AvgIpc) is 3.21. The number of ketones is 3. The van der Waals surface area contributed by atoms with Gasteiger partial charge in [-0.15, -0.1) is 0 Å². The van der Waals surface area contributed by atoms with Crippen molar-refractivity contribution in [1.29, 1.82) is 0 Å². The molecule has 57 heavy (non-hydrogen) atoms. The minimum absolute atomic E-state index is 0.0812. The first-order valence-corrected chi connectivity index (χ1v) is 25.1. The zero-order valence-corrected chi connectivity index (χ0v) is 38.2. The fourth-order valence-corrected chi connectivity index (χ4v) is 8.20. The minimum atomic E-state index is -2.92. The second kappa shape index (κ2) is 40.1. The van der Waals surface area contributed by atoms with Crippen molar-refractivity contribution in [3.8, 4) is 0 Å². The van der Waals surface area contributed by atoms with Crippen LogP contribution < -0.4 is 0 Å². The second-order valence-corrected chi connectivity index (χ2v) is 17.6. The molecule has 0 aromatic rings. The number of carbonyl (C=O) groups is 3. The average molecular weight is 805 g/mol. The summed E-state index contributed by atoms with van der Waals surface area (Å²) in [7, 11) is 0. The summed E-state index contributed by atoms with van der Waals surface area (Å²) in [6.45, 7) is 5.55. The van der Waals surface area contributed by atoms with Crippen molar-refractivity contribution in [2.75, 3.05) is 6.61 Å². The molecule has 0 saturated carbocycles. The summed E-state index contributed by atoms with van der Waals surface area (Å²) in [6.07, 6.45) is 45.8. The molecule has 3 N–H and O–H groups in total. The van der Waals surface area contributed by atoms with Crippen LogP contribution in [-0.2, 0) is 14.4 Å². The SMILES string of the molecule is CCCCCCCC/C=C\CCCCCCCC(=O)C(O)(C(=O)CCCCCCCCCCCCCCCCC)C(O)(CO)C(=O)CCCCCCCCCCC. The van der Waals surface area contributed by atoms with Gasteiger partial charge in [0.15, 0.2) is 23.0 Å². The van der Waals surface area contributed by atoms with E-state index in [0.29, 0.717) is 19.3 Å². The van der Waals surface area contributed by atoms with E-state index in [2.05, 4.69) is 32.9 Å². The number of aliphatic hydroxyl groups excluding tert-OH is 1. The lowest BCUT2D eigenvalue weighted by molar-refractivity contribution is -0.194. The first-order chi connectivity index (χ1) is 27.8. The summed E-state index contributed by atoms with van der Waals surface area (Å²) in [5, 5.41) is 33.9. The zero-order valence-electron chi connectivity index (χ0n) is 38.2. The van der Waals surface area contributed by atoms with Gasteiger partial charge in [0.2, 0.25) is 5.60 Å². The topological polar surface area (TPSA) is 112 Å². The molecule has 336 valence electrons. The second-order valence-electron chi connectivity index (χ2n) is 17.6. The van der Waals surface area contributed by atoms with E-state index < -0.39 is 35.2 Å². The molecule has 0 rings (SSSR count). The van der Waals surface area contributed by atoms with E-state index in [-0.39, 0.29) is 19.3 Å². The predicted octanol–water partition coefficient (Wildman–Crippen LogP) is 14.4. The van der Waals surface area contributed by atoms with Crippen molar-refractivity contribution in [2.45, 2.75) is 289 Å². The van der Waals surface area contributed by atoms with E-state index >= 15 is 0 Å². The Morgan fingerprint density at radius 3 is 0.842 bits per heavy atom. The normalized spacial score (nSPS) is 13.9. The highest BCUT2D eigenvalue weighted by atomic mass is 16.4. The molecule has 6 nitrogen and oxygen atoms in total. The molecule has 0 heterocycles. The molecule has 2 unspecified atom stereocenters. The Hall–Kier alpha value is -1.37. The molecular formula is C51H96O6. The van der Waals surface area contributed by atoms with Crippen molar-refractivity contribution in [2.24, 2.45) is 0 Å². The van der Waals surface area contributed by atoms with Crippen LogP contribution in [0.1, 0.15) is 278 Å². The lowest BCUT2D eigenvalue weighted by atomic mass is 9.71. The molecule has 0 aromatic heterocycles. The van der Waals surface area contributed by atoms with Gasteiger partial charge >= 0.3 is 0 Å². The Bertz CT molecular complexity index is 961. The van der Waals surface area contributed by atoms with Crippen LogP contribution in [0.15, 0.2) is 12.2 Å². The molecule has 0 aliphatic carbocycles. The molecule has 6 heteroatoms. The molecule has 0 saturated heterocycles. The molecule has 0 aliphatic heterocycles. The summed E-state index contributed by atoms with van der Waals surface area (Å²) in [5.74, 6) is -2.46. The first-order valence-electron chi connectivity index (χ1n) is 25.1. The third-order valence-corrected chi connectivity index (χ3v) is 12.3. The number of hydrogen-bond donors (Lipinski definition) is 3. The molecule has 0 aromatic carbocycles. The van der Waals surface area contributed by atoms with Gasteiger partial charge in [-0.3, -0.25) is 14.4 Å². The van der Waals surface area contributed by atoms with Gasteiger partial charge < -0.3 is 15.3 Å². The van der Waals surface area contributed by atoms with Gasteiger partial charge in [0.25, 0.3) is 0 Å². The Kier molecular flexibility index (Phi) is 39.1. The van der Waals surface area contributed by atoms with Crippen LogP contribution in [0.2, 0.25) is 0 Å². The molecular weight excluding hydrogens is 709 g/mol. The molecule has 0 bridgehead atoms. The highest BCUT2D eigenvalue weighted by molar-refractivity contribution is 6.16. The van der Waals surface area contributed by atoms with Gasteiger partial charge in [-0.2, -0.15) is 0 Å². The van der Waals surface area contributed by atoms with Gasteiger partial charge in [-0.05, 0) is 44.9 Å². The standard InChI is InChI=1S/C51H96O6/c1-4-7-10-13-16-19-21-23-25-27-29-32-35-38-41-44-48(54)51(57,50(56,46-52)47(53)43-40-37-34-31-18-15-12-9-6-3)49(55)45-42-39-36-33-30-28-26-24-22-20-17-14-11-8-5-2/h23,25,52,56-57H,4-22,24,26-46H2,1-3H3/b25-23-. The molecule has 0 spiro atoms. The number of Topliss-reactive ketones (excluding diaryl/α,β-unsaturated/α-hetero) is 3. The maximum atomic E-state index is 13.7. The van der Waals surface area contributed by atoms with Gasteiger partial charge in [-0.25, -0.2) is 0 Å². The van der Waals surface area contributed by atoms with Crippen molar-refractivity contribution < 1.29 is 29.7 Å². The zero-order chi connectivity index (χ0) is 42.1. The Balaban J connectivity index is 4.92. The largest absolute Gasteiger partial charge is 0.393 e. The molecule has 2 atom stereocenters. The lowest BCUT2D eigenvalue weighted by Gasteiger charge is -2.39. The maximum absolute atomic E-state index is 13.7. The van der Waals surface area contributed by atoms with Crippen LogP contribution in [0.5, 0.6) is 0 Å². The quantitative estimate of drug-likeness (QED) is 0.0321. The lowest BCUT2D eigenvalue weighted by Crippen LogP contribution is -2.69. The number of allylic oxidation sites excluding steroid dienone is 2. The summed E-state index contributed by atoms with van der Waals surface area (Å²) in [5.41, 5.74) is -5.74. The summed E-state index contributed by atoms with van der Waals surface area (Å²) >= 11 is 0. The first kappa shape index (κ1) is 55.6. The van der Waals surface area contributed by atoms with Crippen LogP contribution >= 0.6 is 0 Å². The van der Waals surface area contributed by atoms with Crippen LogP contribution in [-0.4, -0.2) is 50.5 Å². The van der Waals surface area contributed by atoms with Crippen molar-refractivity contribution >= 4 is 17.3 Å². The molecule has 0 radical (unpaired) electrons. The van der Waals surface area contributed by atoms with Crippen LogP contribution in [0.25, 0.3) is 0 Å². The van der Waals surface area contributed by atoms with E-state index in [0.717, 1.165) is 83.5 Å². The Labute approximate surface area is 353 Å². The van der Waals surface area contributed by atoms with Crippen LogP contribution in [0.3, 0.4) is 0 Å². The van der Waals surface area contributed by atoms with Crippen LogP contribution in [0, 0.1) is 0 Å². The van der Waals surface area contributed by atoms with Gasteiger partial charge in [0.1, 0.15) is 0 Å². The van der Waals surface area contributed by atoms with Crippen molar-refractivity contribution in [1.82, 2.24) is 0 Å². The number of rotatable bonds is 46. The predicted molar refractivity (Wildman–Crippen MR) is 243 cm³/mol. The monoisotopic (exact) mass is 805 g/mol. The highest BCUT2D eigenvalue weighted by Gasteiger charge is 2.62. The molecule has 0 fully saturated rings. The maximum Gasteiger partial charge on any atom is 0.219 e. The fourth-order valence-electron chi connectivity index (χ4n) is 8.20. The Morgan fingerprint density at radius 1 is 0.351 bits per heavy atom. The molecule has 0 aliphatic rings. The Morgan fingerprint density at radius 2 is 0.579 bits per heavy atom. The van der Waals surface area contributed by atoms with Crippen LogP contribution in [0.4, 0.5) is 0 Å². The van der Waals surface area contributed by atoms with E-state index in [1.807, 2.05) is 0 Å².